The zero-order chi connectivity index (χ0) is 15.0. The van der Waals surface area contributed by atoms with E-state index in [0.29, 0.717) is 15.7 Å². The topological polar surface area (TPSA) is 59.1 Å². The normalized spacial score (nSPS) is 11.7. The highest BCUT2D eigenvalue weighted by Crippen LogP contribution is 2.28. The van der Waals surface area contributed by atoms with Crippen LogP contribution in [0.25, 0.3) is 10.2 Å². The second kappa shape index (κ2) is 5.29. The molecule has 4 nitrogen and oxygen atoms in total. The summed E-state index contributed by atoms with van der Waals surface area (Å²) >= 11 is 7.22. The number of rotatable bonds is 3. The first-order chi connectivity index (χ1) is 9.95. The van der Waals surface area contributed by atoms with Gasteiger partial charge in [-0.15, -0.1) is 0 Å². The minimum Gasteiger partial charge on any atom is -0.255 e. The van der Waals surface area contributed by atoms with Crippen LogP contribution in [0.5, 0.6) is 0 Å². The lowest BCUT2D eigenvalue weighted by atomic mass is 10.2. The van der Waals surface area contributed by atoms with Crippen LogP contribution in [0.4, 0.5) is 5.13 Å². The van der Waals surface area contributed by atoms with E-state index in [2.05, 4.69) is 9.71 Å². The molecule has 21 heavy (non-hydrogen) atoms. The lowest BCUT2D eigenvalue weighted by molar-refractivity contribution is 0.601. The molecule has 0 atom stereocenters. The molecule has 7 heteroatoms. The lowest BCUT2D eigenvalue weighted by Gasteiger charge is -2.06. The highest BCUT2D eigenvalue weighted by molar-refractivity contribution is 7.93. The highest BCUT2D eigenvalue weighted by Gasteiger charge is 2.17. The molecular weight excluding hydrogens is 328 g/mol. The van der Waals surface area contributed by atoms with Crippen LogP contribution in [0.15, 0.2) is 47.4 Å². The standard InChI is InChI=1S/C14H11ClN2O2S2/c1-9-8-10(6-7-11(9)15)21(18,19)17-14-16-12-4-2-3-5-13(12)20-14/h2-8H,1H3,(H,16,17). The molecule has 0 unspecified atom stereocenters. The lowest BCUT2D eigenvalue weighted by Crippen LogP contribution is -2.12. The minimum atomic E-state index is -3.66. The van der Waals surface area contributed by atoms with Gasteiger partial charge in [0.25, 0.3) is 10.0 Å². The van der Waals surface area contributed by atoms with Crippen LogP contribution in [0.1, 0.15) is 5.56 Å². The Hall–Kier alpha value is -1.63. The number of halogens is 1. The van der Waals surface area contributed by atoms with E-state index >= 15 is 0 Å². The molecule has 0 radical (unpaired) electrons. The smallest absolute Gasteiger partial charge is 0.255 e. The maximum absolute atomic E-state index is 12.4. The zero-order valence-corrected chi connectivity index (χ0v) is 13.4. The number of benzene rings is 2. The van der Waals surface area contributed by atoms with Gasteiger partial charge in [0.2, 0.25) is 0 Å². The molecule has 3 aromatic rings. The Labute approximate surface area is 131 Å². The van der Waals surface area contributed by atoms with Crippen molar-refractivity contribution in [3.05, 3.63) is 53.1 Å². The van der Waals surface area contributed by atoms with Crippen molar-refractivity contribution in [2.75, 3.05) is 4.72 Å². The molecule has 0 bridgehead atoms. The van der Waals surface area contributed by atoms with Crippen molar-refractivity contribution in [3.8, 4) is 0 Å². The molecule has 1 aromatic heterocycles. The van der Waals surface area contributed by atoms with E-state index < -0.39 is 10.0 Å². The van der Waals surface area contributed by atoms with Crippen molar-refractivity contribution in [1.82, 2.24) is 4.98 Å². The predicted octanol–water partition coefficient (Wildman–Crippen LogP) is 4.06. The number of hydrogen-bond donors (Lipinski definition) is 1. The summed E-state index contributed by atoms with van der Waals surface area (Å²) in [5, 5.41) is 0.887. The highest BCUT2D eigenvalue weighted by atomic mass is 35.5. The molecule has 0 saturated carbocycles. The zero-order valence-electron chi connectivity index (χ0n) is 11.0. The van der Waals surface area contributed by atoms with Crippen LogP contribution in [-0.4, -0.2) is 13.4 Å². The average Bonchev–Trinajstić information content (AvgIpc) is 2.82. The first kappa shape index (κ1) is 14.3. The predicted molar refractivity (Wildman–Crippen MR) is 86.6 cm³/mol. The molecule has 0 saturated heterocycles. The number of anilines is 1. The summed E-state index contributed by atoms with van der Waals surface area (Å²) in [6, 6.07) is 12.1. The first-order valence-corrected chi connectivity index (χ1v) is 8.78. The third-order valence-corrected chi connectivity index (χ3v) is 5.80. The number of hydrogen-bond acceptors (Lipinski definition) is 4. The SMILES string of the molecule is Cc1cc(S(=O)(=O)Nc2nc3ccccc3s2)ccc1Cl. The fourth-order valence-corrected chi connectivity index (χ4v) is 4.18. The van der Waals surface area contributed by atoms with Gasteiger partial charge >= 0.3 is 0 Å². The molecule has 0 aliphatic heterocycles. The summed E-state index contributed by atoms with van der Waals surface area (Å²) in [5.41, 5.74) is 1.48. The third kappa shape index (κ3) is 2.88. The molecule has 0 fully saturated rings. The van der Waals surface area contributed by atoms with Gasteiger partial charge in [-0.3, -0.25) is 4.72 Å². The summed E-state index contributed by atoms with van der Waals surface area (Å²) < 4.78 is 28.1. The fourth-order valence-electron chi connectivity index (χ4n) is 1.87. The van der Waals surface area contributed by atoms with Crippen LogP contribution in [-0.2, 0) is 10.0 Å². The molecule has 3 rings (SSSR count). The summed E-state index contributed by atoms with van der Waals surface area (Å²) in [4.78, 5) is 4.44. The molecule has 1 N–H and O–H groups in total. The number of sulfonamides is 1. The second-order valence-corrected chi connectivity index (χ2v) is 7.62. The van der Waals surface area contributed by atoms with Crippen molar-refractivity contribution >= 4 is 48.3 Å². The van der Waals surface area contributed by atoms with Crippen molar-refractivity contribution in [3.63, 3.8) is 0 Å². The van der Waals surface area contributed by atoms with E-state index in [1.54, 1.807) is 13.0 Å². The van der Waals surface area contributed by atoms with E-state index in [4.69, 9.17) is 11.6 Å². The number of fused-ring (bicyclic) bond motifs is 1. The van der Waals surface area contributed by atoms with Crippen LogP contribution >= 0.6 is 22.9 Å². The average molecular weight is 339 g/mol. The minimum absolute atomic E-state index is 0.170. The van der Waals surface area contributed by atoms with Gasteiger partial charge in [0.1, 0.15) is 0 Å². The summed E-state index contributed by atoms with van der Waals surface area (Å²) in [6.07, 6.45) is 0. The largest absolute Gasteiger partial charge is 0.263 e. The maximum Gasteiger partial charge on any atom is 0.263 e. The molecular formula is C14H11ClN2O2S2. The summed E-state index contributed by atoms with van der Waals surface area (Å²) in [5.74, 6) is 0. The summed E-state index contributed by atoms with van der Waals surface area (Å²) in [6.45, 7) is 1.76. The van der Waals surface area contributed by atoms with Gasteiger partial charge in [-0.2, -0.15) is 0 Å². The van der Waals surface area contributed by atoms with E-state index in [0.717, 1.165) is 10.2 Å². The molecule has 0 spiro atoms. The molecule has 108 valence electrons. The second-order valence-electron chi connectivity index (χ2n) is 4.50. The van der Waals surface area contributed by atoms with E-state index in [9.17, 15) is 8.42 Å². The summed E-state index contributed by atoms with van der Waals surface area (Å²) in [7, 11) is -3.66. The molecule has 1 heterocycles. The Morgan fingerprint density at radius 1 is 1.19 bits per heavy atom. The van der Waals surface area contributed by atoms with Gasteiger partial charge in [0, 0.05) is 5.02 Å². The number of thiazole rings is 1. The van der Waals surface area contributed by atoms with Gasteiger partial charge in [0.05, 0.1) is 15.1 Å². The Balaban J connectivity index is 1.96. The molecule has 0 aliphatic carbocycles. The van der Waals surface area contributed by atoms with E-state index in [1.165, 1.54) is 23.5 Å². The molecule has 0 aliphatic rings. The van der Waals surface area contributed by atoms with Crippen LogP contribution in [0.2, 0.25) is 5.02 Å². The van der Waals surface area contributed by atoms with Crippen molar-refractivity contribution < 1.29 is 8.42 Å². The number of aromatic nitrogens is 1. The Morgan fingerprint density at radius 3 is 2.67 bits per heavy atom. The van der Waals surface area contributed by atoms with Crippen molar-refractivity contribution in [2.45, 2.75) is 11.8 Å². The van der Waals surface area contributed by atoms with Gasteiger partial charge in [-0.05, 0) is 42.8 Å². The first-order valence-electron chi connectivity index (χ1n) is 6.10. The Morgan fingerprint density at radius 2 is 1.95 bits per heavy atom. The van der Waals surface area contributed by atoms with Gasteiger partial charge in [0.15, 0.2) is 5.13 Å². The number of para-hydroxylation sites is 1. The van der Waals surface area contributed by atoms with Crippen LogP contribution < -0.4 is 4.72 Å². The molecule has 0 amide bonds. The quantitative estimate of drug-likeness (QED) is 0.783. The van der Waals surface area contributed by atoms with Gasteiger partial charge in [-0.25, -0.2) is 13.4 Å². The van der Waals surface area contributed by atoms with Crippen LogP contribution in [0, 0.1) is 6.92 Å². The maximum atomic E-state index is 12.4. The fraction of sp³-hybridized carbons (Fsp3) is 0.0714. The third-order valence-electron chi connectivity index (χ3n) is 2.96. The van der Waals surface area contributed by atoms with Crippen molar-refractivity contribution in [1.29, 1.82) is 0 Å². The Kier molecular flexibility index (Phi) is 3.61. The number of nitrogens with one attached hydrogen (secondary N) is 1. The van der Waals surface area contributed by atoms with Crippen molar-refractivity contribution in [2.24, 2.45) is 0 Å². The monoisotopic (exact) mass is 338 g/mol. The van der Waals surface area contributed by atoms with E-state index in [-0.39, 0.29) is 4.90 Å². The Bertz CT molecular complexity index is 887. The number of nitrogens with zero attached hydrogens (tertiary/aromatic N) is 1. The van der Waals surface area contributed by atoms with Gasteiger partial charge < -0.3 is 0 Å². The number of aryl methyl sites for hydroxylation is 1. The molecule has 2 aromatic carbocycles. The van der Waals surface area contributed by atoms with Crippen LogP contribution in [0.3, 0.4) is 0 Å². The van der Waals surface area contributed by atoms with Gasteiger partial charge in [-0.1, -0.05) is 35.1 Å². The van der Waals surface area contributed by atoms with E-state index in [1.807, 2.05) is 24.3 Å².